The molecule has 0 spiro atoms. The van der Waals surface area contributed by atoms with E-state index in [0.717, 1.165) is 0 Å². The number of rotatable bonds is 17. The van der Waals surface area contributed by atoms with Gasteiger partial charge in [0.1, 0.15) is 18.1 Å². The Morgan fingerprint density at radius 1 is 0.806 bits per heavy atom. The Hall–Kier alpha value is -3.27. The zero-order valence-electron chi connectivity index (χ0n) is 20.6. The SMILES string of the molecule is CC(C)C(NC(=O)C(N)CCCN=C(N)N)C(=O)NC(CCCN=C(N)N)C(=O)NC(CS)C(=O)O. The van der Waals surface area contributed by atoms with Gasteiger partial charge in [0.2, 0.25) is 17.7 Å². The molecule has 0 aromatic carbocycles. The Morgan fingerprint density at radius 3 is 1.75 bits per heavy atom. The van der Waals surface area contributed by atoms with Crippen molar-refractivity contribution in [1.29, 1.82) is 0 Å². The van der Waals surface area contributed by atoms with Crippen LogP contribution in [0.3, 0.4) is 0 Å². The monoisotopic (exact) mass is 532 g/mol. The van der Waals surface area contributed by atoms with E-state index in [1.165, 1.54) is 0 Å². The normalized spacial score (nSPS) is 14.0. The van der Waals surface area contributed by atoms with Crippen LogP contribution in [0, 0.1) is 5.92 Å². The maximum atomic E-state index is 13.0. The molecular formula is C20H40N10O5S. The number of carboxylic acids is 1. The van der Waals surface area contributed by atoms with Crippen LogP contribution in [-0.2, 0) is 19.2 Å². The average molecular weight is 533 g/mol. The Labute approximate surface area is 215 Å². The van der Waals surface area contributed by atoms with Gasteiger partial charge in [-0.3, -0.25) is 24.4 Å². The molecule has 0 aromatic rings. The lowest BCUT2D eigenvalue weighted by Gasteiger charge is -2.27. The fraction of sp³-hybridized carbons (Fsp3) is 0.700. The highest BCUT2D eigenvalue weighted by Crippen LogP contribution is 2.07. The van der Waals surface area contributed by atoms with Gasteiger partial charge in [-0.2, -0.15) is 12.6 Å². The zero-order valence-corrected chi connectivity index (χ0v) is 21.5. The number of amides is 3. The van der Waals surface area contributed by atoms with Crippen LogP contribution in [0.5, 0.6) is 0 Å². The molecule has 0 saturated heterocycles. The molecule has 0 aliphatic heterocycles. The molecule has 0 aromatic heterocycles. The number of hydrogen-bond donors (Lipinski definition) is 10. The van der Waals surface area contributed by atoms with Crippen LogP contribution in [0.2, 0.25) is 0 Å². The summed E-state index contributed by atoms with van der Waals surface area (Å²) >= 11 is 3.93. The molecule has 4 unspecified atom stereocenters. The number of carbonyl (C=O) groups excluding carboxylic acids is 3. The minimum atomic E-state index is -1.27. The summed E-state index contributed by atoms with van der Waals surface area (Å²) in [4.78, 5) is 57.3. The van der Waals surface area contributed by atoms with E-state index < -0.39 is 47.9 Å². The number of guanidine groups is 2. The van der Waals surface area contributed by atoms with Crippen molar-refractivity contribution in [2.45, 2.75) is 63.7 Å². The molecule has 0 rings (SSSR count). The molecule has 206 valence electrons. The predicted molar refractivity (Wildman–Crippen MR) is 140 cm³/mol. The second kappa shape index (κ2) is 17.2. The van der Waals surface area contributed by atoms with E-state index in [2.05, 4.69) is 38.6 Å². The van der Waals surface area contributed by atoms with Gasteiger partial charge in [-0.25, -0.2) is 4.79 Å². The Kier molecular flexibility index (Phi) is 15.6. The molecule has 0 heterocycles. The van der Waals surface area contributed by atoms with Crippen molar-refractivity contribution in [2.75, 3.05) is 18.8 Å². The number of aliphatic carboxylic acids is 1. The van der Waals surface area contributed by atoms with Gasteiger partial charge in [0.15, 0.2) is 11.9 Å². The van der Waals surface area contributed by atoms with Crippen LogP contribution in [0.25, 0.3) is 0 Å². The van der Waals surface area contributed by atoms with Crippen LogP contribution in [0.1, 0.15) is 39.5 Å². The van der Waals surface area contributed by atoms with Gasteiger partial charge in [-0.05, 0) is 31.6 Å². The lowest BCUT2D eigenvalue weighted by molar-refractivity contribution is -0.141. The van der Waals surface area contributed by atoms with Crippen LogP contribution >= 0.6 is 12.6 Å². The van der Waals surface area contributed by atoms with E-state index in [-0.39, 0.29) is 43.0 Å². The second-order valence-corrected chi connectivity index (χ2v) is 8.74. The van der Waals surface area contributed by atoms with Gasteiger partial charge in [0, 0.05) is 18.8 Å². The third-order valence-corrected chi connectivity index (χ3v) is 5.29. The van der Waals surface area contributed by atoms with Crippen LogP contribution in [0.15, 0.2) is 9.98 Å². The number of carboxylic acid groups (broad SMARTS) is 1. The van der Waals surface area contributed by atoms with Crippen molar-refractivity contribution in [3.05, 3.63) is 0 Å². The predicted octanol–water partition coefficient (Wildman–Crippen LogP) is -3.45. The highest BCUT2D eigenvalue weighted by molar-refractivity contribution is 7.80. The topological polar surface area (TPSA) is 279 Å². The van der Waals surface area contributed by atoms with E-state index in [0.29, 0.717) is 19.4 Å². The Bertz CT molecular complexity index is 800. The summed E-state index contributed by atoms with van der Waals surface area (Å²) in [5, 5.41) is 16.7. The van der Waals surface area contributed by atoms with E-state index in [1.54, 1.807) is 13.8 Å². The molecule has 36 heavy (non-hydrogen) atoms. The van der Waals surface area contributed by atoms with Crippen molar-refractivity contribution in [2.24, 2.45) is 44.6 Å². The molecule has 16 heteroatoms. The average Bonchev–Trinajstić information content (AvgIpc) is 2.79. The van der Waals surface area contributed by atoms with E-state index in [9.17, 15) is 24.3 Å². The van der Waals surface area contributed by atoms with Crippen molar-refractivity contribution in [3.8, 4) is 0 Å². The first-order chi connectivity index (χ1) is 16.8. The summed E-state index contributed by atoms with van der Waals surface area (Å²) in [6.07, 6.45) is 1.16. The fourth-order valence-corrected chi connectivity index (χ4v) is 3.18. The second-order valence-electron chi connectivity index (χ2n) is 8.38. The molecule has 15 nitrogen and oxygen atoms in total. The Morgan fingerprint density at radius 2 is 1.31 bits per heavy atom. The zero-order chi connectivity index (χ0) is 27.8. The quantitative estimate of drug-likeness (QED) is 0.0382. The molecule has 0 bridgehead atoms. The highest BCUT2D eigenvalue weighted by atomic mass is 32.1. The summed E-state index contributed by atoms with van der Waals surface area (Å²) in [6, 6.07) is -4.27. The van der Waals surface area contributed by atoms with Crippen molar-refractivity contribution >= 4 is 48.2 Å². The van der Waals surface area contributed by atoms with Gasteiger partial charge < -0.3 is 49.7 Å². The van der Waals surface area contributed by atoms with E-state index in [4.69, 9.17) is 28.7 Å². The van der Waals surface area contributed by atoms with Gasteiger partial charge in [-0.1, -0.05) is 13.8 Å². The summed E-state index contributed by atoms with van der Waals surface area (Å²) in [5.74, 6) is -3.87. The van der Waals surface area contributed by atoms with Crippen LogP contribution in [-0.4, -0.2) is 83.7 Å². The smallest absolute Gasteiger partial charge is 0.327 e. The number of thiol groups is 1. The summed E-state index contributed by atoms with van der Waals surface area (Å²) in [6.45, 7) is 3.92. The molecule has 0 aliphatic rings. The number of carbonyl (C=O) groups is 4. The Balaban J connectivity index is 5.35. The third kappa shape index (κ3) is 13.6. The highest BCUT2D eigenvalue weighted by Gasteiger charge is 2.31. The number of nitrogens with two attached hydrogens (primary N) is 5. The summed E-state index contributed by atoms with van der Waals surface area (Å²) in [7, 11) is 0. The van der Waals surface area contributed by atoms with Crippen LogP contribution in [0.4, 0.5) is 0 Å². The summed E-state index contributed by atoms with van der Waals surface area (Å²) < 4.78 is 0. The van der Waals surface area contributed by atoms with Crippen LogP contribution < -0.4 is 44.6 Å². The minimum Gasteiger partial charge on any atom is -0.480 e. The van der Waals surface area contributed by atoms with E-state index >= 15 is 0 Å². The number of hydrogen-bond acceptors (Lipinski definition) is 8. The van der Waals surface area contributed by atoms with Crippen molar-refractivity contribution in [1.82, 2.24) is 16.0 Å². The minimum absolute atomic E-state index is 0.0644. The third-order valence-electron chi connectivity index (χ3n) is 4.93. The molecular weight excluding hydrogens is 492 g/mol. The molecule has 3 amide bonds. The van der Waals surface area contributed by atoms with Gasteiger partial charge in [0.25, 0.3) is 0 Å². The molecule has 0 fully saturated rings. The number of aliphatic imine (C=N–C) groups is 2. The standard InChI is InChI=1S/C20H40N10O5S/c1-10(2)14(30-15(31)11(21)5-3-7-26-19(22)23)17(33)28-12(6-4-8-27-20(24)25)16(32)29-13(9-36)18(34)35/h10-14,36H,3-9,21H2,1-2H3,(H,28,33)(H,29,32)(H,30,31)(H,34,35)(H4,22,23,26)(H4,24,25,27). The maximum absolute atomic E-state index is 13.0. The van der Waals surface area contributed by atoms with E-state index in [1.807, 2.05) is 0 Å². The molecule has 0 saturated carbocycles. The first-order valence-corrected chi connectivity index (χ1v) is 12.0. The first kappa shape index (κ1) is 32.7. The van der Waals surface area contributed by atoms with Gasteiger partial charge >= 0.3 is 5.97 Å². The fourth-order valence-electron chi connectivity index (χ4n) is 2.94. The van der Waals surface area contributed by atoms with Crippen molar-refractivity contribution in [3.63, 3.8) is 0 Å². The van der Waals surface area contributed by atoms with Gasteiger partial charge in [-0.15, -0.1) is 0 Å². The largest absolute Gasteiger partial charge is 0.480 e. The number of nitrogens with zero attached hydrogens (tertiary/aromatic N) is 2. The first-order valence-electron chi connectivity index (χ1n) is 11.4. The van der Waals surface area contributed by atoms with Crippen molar-refractivity contribution < 1.29 is 24.3 Å². The maximum Gasteiger partial charge on any atom is 0.327 e. The molecule has 4 atom stereocenters. The number of nitrogens with one attached hydrogen (secondary N) is 3. The van der Waals surface area contributed by atoms with Gasteiger partial charge in [0.05, 0.1) is 6.04 Å². The molecule has 14 N–H and O–H groups in total. The lowest BCUT2D eigenvalue weighted by Crippen LogP contribution is -2.58. The molecule has 0 aliphatic carbocycles. The molecule has 0 radical (unpaired) electrons. The lowest BCUT2D eigenvalue weighted by atomic mass is 10.0. The summed E-state index contributed by atoms with van der Waals surface area (Å²) in [5.41, 5.74) is 27.0.